The SMILES string of the molecule is CCc1nn(C)cc1Nc1nccc(N)n1. The Morgan fingerprint density at radius 3 is 3.00 bits per heavy atom. The molecule has 2 aromatic heterocycles. The summed E-state index contributed by atoms with van der Waals surface area (Å²) in [6.07, 6.45) is 4.36. The van der Waals surface area contributed by atoms with Crippen molar-refractivity contribution in [1.29, 1.82) is 0 Å². The van der Waals surface area contributed by atoms with Crippen LogP contribution in [0.15, 0.2) is 18.5 Å². The molecule has 2 heterocycles. The minimum absolute atomic E-state index is 0.444. The smallest absolute Gasteiger partial charge is 0.229 e. The average molecular weight is 218 g/mol. The van der Waals surface area contributed by atoms with E-state index >= 15 is 0 Å². The van der Waals surface area contributed by atoms with Gasteiger partial charge in [0.1, 0.15) is 5.82 Å². The zero-order valence-corrected chi connectivity index (χ0v) is 9.31. The van der Waals surface area contributed by atoms with E-state index in [0.29, 0.717) is 11.8 Å². The molecule has 0 aromatic carbocycles. The fourth-order valence-corrected chi connectivity index (χ4v) is 1.45. The lowest BCUT2D eigenvalue weighted by Gasteiger charge is -2.03. The molecule has 84 valence electrons. The first-order valence-corrected chi connectivity index (χ1v) is 5.07. The summed E-state index contributed by atoms with van der Waals surface area (Å²) in [7, 11) is 1.88. The van der Waals surface area contributed by atoms with E-state index in [-0.39, 0.29) is 0 Å². The van der Waals surface area contributed by atoms with Crippen molar-refractivity contribution in [2.24, 2.45) is 7.05 Å². The normalized spacial score (nSPS) is 10.4. The lowest BCUT2D eigenvalue weighted by molar-refractivity contribution is 0.746. The van der Waals surface area contributed by atoms with E-state index < -0.39 is 0 Å². The summed E-state index contributed by atoms with van der Waals surface area (Å²) in [5, 5.41) is 7.41. The summed E-state index contributed by atoms with van der Waals surface area (Å²) in [5.41, 5.74) is 7.47. The average Bonchev–Trinajstić information content (AvgIpc) is 2.59. The van der Waals surface area contributed by atoms with Gasteiger partial charge >= 0.3 is 0 Å². The first-order valence-electron chi connectivity index (χ1n) is 5.07. The predicted octanol–water partition coefficient (Wildman–Crippen LogP) is 1.10. The van der Waals surface area contributed by atoms with Crippen LogP contribution in [0, 0.1) is 0 Å². The summed E-state index contributed by atoms with van der Waals surface area (Å²) in [4.78, 5) is 8.15. The van der Waals surface area contributed by atoms with Crippen LogP contribution < -0.4 is 11.1 Å². The second-order valence-electron chi connectivity index (χ2n) is 3.45. The number of aryl methyl sites for hydroxylation is 2. The Kier molecular flexibility index (Phi) is 2.72. The van der Waals surface area contributed by atoms with Crippen molar-refractivity contribution in [1.82, 2.24) is 19.7 Å². The first-order chi connectivity index (χ1) is 7.69. The molecule has 0 aliphatic carbocycles. The number of hydrogen-bond donors (Lipinski definition) is 2. The summed E-state index contributed by atoms with van der Waals surface area (Å²) >= 11 is 0. The van der Waals surface area contributed by atoms with Crippen LogP contribution in [0.4, 0.5) is 17.5 Å². The van der Waals surface area contributed by atoms with Crippen LogP contribution in [0.1, 0.15) is 12.6 Å². The fraction of sp³-hybridized carbons (Fsp3) is 0.300. The second kappa shape index (κ2) is 4.18. The summed E-state index contributed by atoms with van der Waals surface area (Å²) < 4.78 is 1.76. The highest BCUT2D eigenvalue weighted by molar-refractivity contribution is 5.56. The monoisotopic (exact) mass is 218 g/mol. The molecular formula is C10H14N6. The Labute approximate surface area is 93.5 Å². The highest BCUT2D eigenvalue weighted by atomic mass is 15.3. The van der Waals surface area contributed by atoms with Gasteiger partial charge in [-0.2, -0.15) is 10.1 Å². The van der Waals surface area contributed by atoms with Gasteiger partial charge in [-0.1, -0.05) is 6.92 Å². The van der Waals surface area contributed by atoms with Crippen molar-refractivity contribution in [3.8, 4) is 0 Å². The molecule has 6 heteroatoms. The predicted molar refractivity (Wildman–Crippen MR) is 62.3 cm³/mol. The number of aromatic nitrogens is 4. The standard InChI is InChI=1S/C10H14N6/c1-3-7-8(6-16(2)15-7)13-10-12-5-4-9(11)14-10/h4-6H,3H2,1-2H3,(H3,11,12,13,14). The molecule has 0 amide bonds. The molecule has 0 saturated carbocycles. The number of rotatable bonds is 3. The lowest BCUT2D eigenvalue weighted by atomic mass is 10.3. The van der Waals surface area contributed by atoms with Gasteiger partial charge in [0.15, 0.2) is 0 Å². The van der Waals surface area contributed by atoms with Crippen LogP contribution in [0.3, 0.4) is 0 Å². The number of nitrogens with two attached hydrogens (primary N) is 1. The van der Waals surface area contributed by atoms with Crippen LogP contribution >= 0.6 is 0 Å². The number of nitrogen functional groups attached to an aromatic ring is 1. The fourth-order valence-electron chi connectivity index (χ4n) is 1.45. The van der Waals surface area contributed by atoms with E-state index in [9.17, 15) is 0 Å². The minimum Gasteiger partial charge on any atom is -0.384 e. The number of hydrogen-bond acceptors (Lipinski definition) is 5. The third kappa shape index (κ3) is 2.10. The molecule has 2 aromatic rings. The van der Waals surface area contributed by atoms with Gasteiger partial charge < -0.3 is 11.1 Å². The van der Waals surface area contributed by atoms with E-state index in [2.05, 4.69) is 20.4 Å². The second-order valence-corrected chi connectivity index (χ2v) is 3.45. The van der Waals surface area contributed by atoms with Crippen LogP contribution in [0.2, 0.25) is 0 Å². The molecule has 0 atom stereocenters. The van der Waals surface area contributed by atoms with Crippen molar-refractivity contribution in [3.63, 3.8) is 0 Å². The zero-order chi connectivity index (χ0) is 11.5. The first kappa shape index (κ1) is 10.4. The molecule has 3 N–H and O–H groups in total. The van der Waals surface area contributed by atoms with Crippen LogP contribution in [-0.4, -0.2) is 19.7 Å². The van der Waals surface area contributed by atoms with Gasteiger partial charge in [0.2, 0.25) is 5.95 Å². The third-order valence-corrected chi connectivity index (χ3v) is 2.16. The van der Waals surface area contributed by atoms with Crippen molar-refractivity contribution in [2.45, 2.75) is 13.3 Å². The summed E-state index contributed by atoms with van der Waals surface area (Å²) in [6, 6.07) is 1.65. The maximum absolute atomic E-state index is 5.58. The Hall–Kier alpha value is -2.11. The Morgan fingerprint density at radius 1 is 1.50 bits per heavy atom. The van der Waals surface area contributed by atoms with Gasteiger partial charge in [0.25, 0.3) is 0 Å². The number of anilines is 3. The number of nitrogens with one attached hydrogen (secondary N) is 1. The van der Waals surface area contributed by atoms with Gasteiger partial charge in [-0.05, 0) is 12.5 Å². The highest BCUT2D eigenvalue weighted by Crippen LogP contribution is 2.17. The van der Waals surface area contributed by atoms with Crippen molar-refractivity contribution < 1.29 is 0 Å². The molecule has 0 spiro atoms. The molecule has 0 saturated heterocycles. The molecule has 0 aliphatic rings. The molecule has 0 fully saturated rings. The molecule has 0 unspecified atom stereocenters. The lowest BCUT2D eigenvalue weighted by Crippen LogP contribution is -2.00. The summed E-state index contributed by atoms with van der Waals surface area (Å²) in [5.74, 6) is 0.933. The van der Waals surface area contributed by atoms with Crippen LogP contribution in [0.25, 0.3) is 0 Å². The maximum Gasteiger partial charge on any atom is 0.229 e. The molecule has 0 bridgehead atoms. The van der Waals surface area contributed by atoms with Gasteiger partial charge in [-0.3, -0.25) is 4.68 Å². The maximum atomic E-state index is 5.58. The third-order valence-electron chi connectivity index (χ3n) is 2.16. The van der Waals surface area contributed by atoms with Crippen molar-refractivity contribution in [3.05, 3.63) is 24.2 Å². The van der Waals surface area contributed by atoms with E-state index in [1.807, 2.05) is 20.2 Å². The van der Waals surface area contributed by atoms with E-state index in [1.165, 1.54) is 0 Å². The van der Waals surface area contributed by atoms with Crippen LogP contribution in [0.5, 0.6) is 0 Å². The largest absolute Gasteiger partial charge is 0.384 e. The summed E-state index contributed by atoms with van der Waals surface area (Å²) in [6.45, 7) is 2.05. The van der Waals surface area contributed by atoms with E-state index in [1.54, 1.807) is 16.9 Å². The van der Waals surface area contributed by atoms with E-state index in [4.69, 9.17) is 5.73 Å². The highest BCUT2D eigenvalue weighted by Gasteiger charge is 2.07. The van der Waals surface area contributed by atoms with Gasteiger partial charge in [0, 0.05) is 19.4 Å². The quantitative estimate of drug-likeness (QED) is 0.806. The molecule has 6 nitrogen and oxygen atoms in total. The molecule has 2 rings (SSSR count). The van der Waals surface area contributed by atoms with Crippen molar-refractivity contribution >= 4 is 17.5 Å². The van der Waals surface area contributed by atoms with Crippen molar-refractivity contribution in [2.75, 3.05) is 11.1 Å². The topological polar surface area (TPSA) is 81.7 Å². The Morgan fingerprint density at radius 2 is 2.31 bits per heavy atom. The molecule has 0 radical (unpaired) electrons. The Balaban J connectivity index is 2.26. The minimum atomic E-state index is 0.444. The van der Waals surface area contributed by atoms with Gasteiger partial charge in [0.05, 0.1) is 11.4 Å². The van der Waals surface area contributed by atoms with Gasteiger partial charge in [-0.25, -0.2) is 4.98 Å². The molecule has 16 heavy (non-hydrogen) atoms. The zero-order valence-electron chi connectivity index (χ0n) is 9.31. The van der Waals surface area contributed by atoms with E-state index in [0.717, 1.165) is 17.8 Å². The molecule has 0 aliphatic heterocycles. The molecular weight excluding hydrogens is 204 g/mol. The van der Waals surface area contributed by atoms with Crippen LogP contribution in [-0.2, 0) is 13.5 Å². The Bertz CT molecular complexity index is 490. The van der Waals surface area contributed by atoms with Gasteiger partial charge in [-0.15, -0.1) is 0 Å². The number of nitrogens with zero attached hydrogens (tertiary/aromatic N) is 4.